The van der Waals surface area contributed by atoms with Gasteiger partial charge in [0.25, 0.3) is 5.91 Å². The summed E-state index contributed by atoms with van der Waals surface area (Å²) in [6.07, 6.45) is 3.83. The molecular formula is C19H31N3O3. The first-order chi connectivity index (χ1) is 11.7. The van der Waals surface area contributed by atoms with Gasteiger partial charge in [0.15, 0.2) is 0 Å². The minimum Gasteiger partial charge on any atom is -0.390 e. The molecule has 2 aliphatic rings. The number of ether oxygens (including phenoxy) is 1. The van der Waals surface area contributed by atoms with E-state index in [9.17, 15) is 9.90 Å². The van der Waals surface area contributed by atoms with Gasteiger partial charge < -0.3 is 15.2 Å². The predicted molar refractivity (Wildman–Crippen MR) is 95.4 cm³/mol. The molecule has 1 aliphatic heterocycles. The Balaban J connectivity index is 1.71. The lowest BCUT2D eigenvalue weighted by atomic mass is 9.75. The highest BCUT2D eigenvalue weighted by Gasteiger charge is 2.37. The Morgan fingerprint density at radius 1 is 1.36 bits per heavy atom. The lowest BCUT2D eigenvalue weighted by Crippen LogP contribution is -2.46. The number of rotatable bonds is 3. The molecule has 0 unspecified atom stereocenters. The van der Waals surface area contributed by atoms with Gasteiger partial charge in [-0.2, -0.15) is 5.10 Å². The minimum atomic E-state index is -0.588. The second kappa shape index (κ2) is 6.72. The first-order valence-corrected chi connectivity index (χ1v) is 9.45. The van der Waals surface area contributed by atoms with Crippen molar-refractivity contribution in [3.8, 4) is 0 Å². The molecule has 0 spiro atoms. The molecule has 1 aromatic heterocycles. The van der Waals surface area contributed by atoms with Crippen molar-refractivity contribution in [2.24, 2.45) is 13.0 Å². The van der Waals surface area contributed by atoms with E-state index >= 15 is 0 Å². The highest BCUT2D eigenvalue weighted by Crippen LogP contribution is 2.35. The van der Waals surface area contributed by atoms with E-state index in [1.165, 1.54) is 0 Å². The number of nitrogens with zero attached hydrogens (tertiary/aromatic N) is 2. The summed E-state index contributed by atoms with van der Waals surface area (Å²) in [5.74, 6) is 0.189. The number of nitrogens with one attached hydrogen (secondary N) is 1. The third-order valence-electron chi connectivity index (χ3n) is 5.97. The minimum absolute atomic E-state index is 0.0578. The second-order valence-electron chi connectivity index (χ2n) is 8.14. The maximum atomic E-state index is 12.9. The van der Waals surface area contributed by atoms with Gasteiger partial charge in [0.2, 0.25) is 0 Å². The number of carbonyl (C=O) groups excluding carboxylic acids is 1. The highest BCUT2D eigenvalue weighted by molar-refractivity contribution is 5.94. The van der Waals surface area contributed by atoms with Crippen LogP contribution in [0.2, 0.25) is 0 Å². The van der Waals surface area contributed by atoms with Crippen molar-refractivity contribution in [3.05, 3.63) is 17.0 Å². The van der Waals surface area contributed by atoms with Crippen molar-refractivity contribution >= 4 is 5.91 Å². The topological polar surface area (TPSA) is 76.4 Å². The van der Waals surface area contributed by atoms with Crippen LogP contribution >= 0.6 is 0 Å². The summed E-state index contributed by atoms with van der Waals surface area (Å²) in [6.45, 7) is 8.13. The van der Waals surface area contributed by atoms with Crippen LogP contribution in [0.4, 0.5) is 0 Å². The summed E-state index contributed by atoms with van der Waals surface area (Å²) < 4.78 is 7.51. The van der Waals surface area contributed by atoms with Crippen LogP contribution < -0.4 is 5.32 Å². The molecule has 6 heteroatoms. The van der Waals surface area contributed by atoms with Crippen LogP contribution in [0.25, 0.3) is 0 Å². The van der Waals surface area contributed by atoms with Gasteiger partial charge in [-0.3, -0.25) is 9.48 Å². The molecule has 2 N–H and O–H groups in total. The van der Waals surface area contributed by atoms with Crippen molar-refractivity contribution in [2.45, 2.75) is 83.6 Å². The van der Waals surface area contributed by atoms with Gasteiger partial charge in [-0.25, -0.2) is 0 Å². The van der Waals surface area contributed by atoms with Crippen molar-refractivity contribution in [2.75, 3.05) is 0 Å². The molecule has 0 bridgehead atoms. The molecule has 2 heterocycles. The monoisotopic (exact) mass is 349 g/mol. The average molecular weight is 349 g/mol. The van der Waals surface area contributed by atoms with Crippen molar-refractivity contribution in [3.63, 3.8) is 0 Å². The normalized spacial score (nSPS) is 32.5. The van der Waals surface area contributed by atoms with Gasteiger partial charge in [-0.05, 0) is 45.4 Å². The highest BCUT2D eigenvalue weighted by atomic mass is 16.5. The van der Waals surface area contributed by atoms with E-state index in [1.54, 1.807) is 4.68 Å². The Labute approximate surface area is 149 Å². The fourth-order valence-corrected chi connectivity index (χ4v) is 4.24. The van der Waals surface area contributed by atoms with Crippen LogP contribution in [-0.2, 0) is 18.2 Å². The quantitative estimate of drug-likeness (QED) is 0.879. The van der Waals surface area contributed by atoms with Crippen LogP contribution in [0.1, 0.15) is 81.2 Å². The van der Waals surface area contributed by atoms with Gasteiger partial charge in [0, 0.05) is 25.1 Å². The number of hydrogen-bond acceptors (Lipinski definition) is 4. The molecule has 0 saturated heterocycles. The first kappa shape index (κ1) is 18.4. The van der Waals surface area contributed by atoms with Crippen LogP contribution in [0, 0.1) is 5.92 Å². The molecule has 1 amide bonds. The maximum Gasteiger partial charge on any atom is 0.270 e. The Kier molecular flexibility index (Phi) is 4.95. The summed E-state index contributed by atoms with van der Waals surface area (Å²) >= 11 is 0. The van der Waals surface area contributed by atoms with Gasteiger partial charge in [-0.1, -0.05) is 13.8 Å². The SMILES string of the molecule is CC(C)C1(O)CCC(NC(=O)c2c3c(nn2C)[C@H](C)O[C@H](C)C3)CC1. The Hall–Kier alpha value is -1.40. The number of carbonyl (C=O) groups is 1. The molecule has 0 radical (unpaired) electrons. The Morgan fingerprint density at radius 3 is 2.60 bits per heavy atom. The summed E-state index contributed by atoms with van der Waals surface area (Å²) in [5, 5.41) is 18.3. The molecule has 140 valence electrons. The van der Waals surface area contributed by atoms with Crippen molar-refractivity contribution in [1.82, 2.24) is 15.1 Å². The van der Waals surface area contributed by atoms with Gasteiger partial charge in [0.05, 0.1) is 23.5 Å². The number of hydrogen-bond donors (Lipinski definition) is 2. The first-order valence-electron chi connectivity index (χ1n) is 9.45. The Morgan fingerprint density at radius 2 is 2.00 bits per heavy atom. The van der Waals surface area contributed by atoms with Crippen molar-refractivity contribution < 1.29 is 14.6 Å². The van der Waals surface area contributed by atoms with E-state index in [1.807, 2.05) is 20.9 Å². The predicted octanol–water partition coefficient (Wildman–Crippen LogP) is 2.50. The van der Waals surface area contributed by atoms with Crippen molar-refractivity contribution in [1.29, 1.82) is 0 Å². The molecule has 6 nitrogen and oxygen atoms in total. The molecule has 1 aromatic rings. The zero-order valence-electron chi connectivity index (χ0n) is 16.0. The smallest absolute Gasteiger partial charge is 0.270 e. The lowest BCUT2D eigenvalue weighted by molar-refractivity contribution is -0.0424. The summed E-state index contributed by atoms with van der Waals surface area (Å²) in [6, 6.07) is 0.117. The number of fused-ring (bicyclic) bond motifs is 1. The summed E-state index contributed by atoms with van der Waals surface area (Å²) in [5.41, 5.74) is 1.96. The fourth-order valence-electron chi connectivity index (χ4n) is 4.24. The summed E-state index contributed by atoms with van der Waals surface area (Å²) in [4.78, 5) is 12.9. The van der Waals surface area contributed by atoms with Crippen LogP contribution in [-0.4, -0.2) is 38.5 Å². The second-order valence-corrected chi connectivity index (χ2v) is 8.14. The lowest BCUT2D eigenvalue weighted by Gasteiger charge is -2.39. The molecule has 1 fully saturated rings. The number of aromatic nitrogens is 2. The molecule has 2 atom stereocenters. The molecule has 0 aromatic carbocycles. The van der Waals surface area contributed by atoms with Crippen LogP contribution in [0.3, 0.4) is 0 Å². The number of aliphatic hydroxyl groups is 1. The van der Waals surface area contributed by atoms with Crippen LogP contribution in [0.15, 0.2) is 0 Å². The van der Waals surface area contributed by atoms with E-state index in [0.29, 0.717) is 12.1 Å². The van der Waals surface area contributed by atoms with E-state index < -0.39 is 5.60 Å². The number of aryl methyl sites for hydroxylation is 1. The largest absolute Gasteiger partial charge is 0.390 e. The number of amides is 1. The molecule has 1 saturated carbocycles. The fraction of sp³-hybridized carbons (Fsp3) is 0.789. The third-order valence-corrected chi connectivity index (χ3v) is 5.97. The van der Waals surface area contributed by atoms with Gasteiger partial charge in [0.1, 0.15) is 5.69 Å². The summed E-state index contributed by atoms with van der Waals surface area (Å²) in [7, 11) is 1.82. The van der Waals surface area contributed by atoms with E-state index in [0.717, 1.165) is 36.9 Å². The van der Waals surface area contributed by atoms with E-state index in [-0.39, 0.29) is 30.1 Å². The zero-order valence-corrected chi connectivity index (χ0v) is 16.0. The maximum absolute atomic E-state index is 12.9. The standard InChI is InChI=1S/C19H31N3O3/c1-11(2)19(24)8-6-14(7-9-19)20-18(23)17-15-10-12(3)25-13(4)16(15)21-22(17)5/h11-14,24H,6-10H2,1-5H3,(H,20,23)/t12-,13+,14?,19?/m1/s1. The average Bonchev–Trinajstić information content (AvgIpc) is 2.86. The van der Waals surface area contributed by atoms with E-state index in [2.05, 4.69) is 24.3 Å². The molecular weight excluding hydrogens is 318 g/mol. The van der Waals surface area contributed by atoms with E-state index in [4.69, 9.17) is 4.74 Å². The molecule has 3 rings (SSSR count). The van der Waals surface area contributed by atoms with Crippen LogP contribution in [0.5, 0.6) is 0 Å². The zero-order chi connectivity index (χ0) is 18.4. The molecule has 1 aliphatic carbocycles. The molecule has 25 heavy (non-hydrogen) atoms. The van der Waals surface area contributed by atoms with Gasteiger partial charge >= 0.3 is 0 Å². The van der Waals surface area contributed by atoms with Gasteiger partial charge in [-0.15, -0.1) is 0 Å². The Bertz CT molecular complexity index is 645. The third kappa shape index (κ3) is 3.47.